The number of rotatable bonds is 3. The van der Waals surface area contributed by atoms with Crippen molar-refractivity contribution >= 4 is 11.6 Å². The predicted molar refractivity (Wildman–Crippen MR) is 85.7 cm³/mol. The first-order valence-electron chi connectivity index (χ1n) is 8.26. The highest BCUT2D eigenvalue weighted by Gasteiger charge is 2.47. The summed E-state index contributed by atoms with van der Waals surface area (Å²) in [6, 6.07) is 7.75. The molecule has 0 saturated carbocycles. The lowest BCUT2D eigenvalue weighted by atomic mass is 9.96. The van der Waals surface area contributed by atoms with Crippen molar-refractivity contribution in [2.24, 2.45) is 5.92 Å². The third-order valence-corrected chi connectivity index (χ3v) is 4.92. The standard InChI is InChI=1S/C17H22F3N3O/c1-21-8-10-22(11-9-21)15-5-3-2-4-13(15)12-14-6-7-23(16(14)24)17(18,19)20/h2-5,14H,6-12H2,1H3. The number of hydrogen-bond donors (Lipinski definition) is 0. The highest BCUT2D eigenvalue weighted by Crippen LogP contribution is 2.33. The van der Waals surface area contributed by atoms with Gasteiger partial charge in [0.25, 0.3) is 0 Å². The fraction of sp³-hybridized carbons (Fsp3) is 0.588. The van der Waals surface area contributed by atoms with Crippen molar-refractivity contribution < 1.29 is 18.0 Å². The van der Waals surface area contributed by atoms with Gasteiger partial charge in [-0.05, 0) is 31.5 Å². The number of piperazine rings is 1. The van der Waals surface area contributed by atoms with Gasteiger partial charge in [0.2, 0.25) is 5.91 Å². The van der Waals surface area contributed by atoms with Crippen LogP contribution >= 0.6 is 0 Å². The number of likely N-dealkylation sites (tertiary alicyclic amines) is 1. The summed E-state index contributed by atoms with van der Waals surface area (Å²) in [4.78, 5) is 16.6. The van der Waals surface area contributed by atoms with Crippen LogP contribution in [0.2, 0.25) is 0 Å². The minimum atomic E-state index is -4.57. The Morgan fingerprint density at radius 2 is 1.75 bits per heavy atom. The predicted octanol–water partition coefficient (Wildman–Crippen LogP) is 2.35. The average molecular weight is 341 g/mol. The molecular weight excluding hydrogens is 319 g/mol. The van der Waals surface area contributed by atoms with Crippen LogP contribution in [0.3, 0.4) is 0 Å². The summed E-state index contributed by atoms with van der Waals surface area (Å²) in [5, 5.41) is 0. The Bertz CT molecular complexity index is 597. The van der Waals surface area contributed by atoms with Gasteiger partial charge in [-0.15, -0.1) is 13.2 Å². The minimum Gasteiger partial charge on any atom is -0.369 e. The van der Waals surface area contributed by atoms with Crippen LogP contribution in [-0.2, 0) is 11.2 Å². The van der Waals surface area contributed by atoms with E-state index in [1.54, 1.807) is 0 Å². The molecule has 0 aromatic heterocycles. The van der Waals surface area contributed by atoms with Gasteiger partial charge in [-0.3, -0.25) is 9.69 Å². The summed E-state index contributed by atoms with van der Waals surface area (Å²) in [5.41, 5.74) is 2.01. The first kappa shape index (κ1) is 17.1. The number of benzene rings is 1. The Kier molecular flexibility index (Phi) is 4.71. The van der Waals surface area contributed by atoms with Crippen LogP contribution in [0.15, 0.2) is 24.3 Å². The van der Waals surface area contributed by atoms with Crippen molar-refractivity contribution in [3.05, 3.63) is 29.8 Å². The van der Waals surface area contributed by atoms with E-state index in [-0.39, 0.29) is 17.9 Å². The molecule has 2 aliphatic rings. The number of para-hydroxylation sites is 1. The van der Waals surface area contributed by atoms with Crippen molar-refractivity contribution in [2.75, 3.05) is 44.7 Å². The first-order chi connectivity index (χ1) is 11.4. The Morgan fingerprint density at radius 3 is 2.38 bits per heavy atom. The second-order valence-corrected chi connectivity index (χ2v) is 6.57. The number of hydrogen-bond acceptors (Lipinski definition) is 3. The Labute approximate surface area is 139 Å². The molecule has 0 N–H and O–H groups in total. The van der Waals surface area contributed by atoms with Crippen molar-refractivity contribution in [1.82, 2.24) is 9.80 Å². The van der Waals surface area contributed by atoms with E-state index in [1.165, 1.54) is 0 Å². The second kappa shape index (κ2) is 6.63. The topological polar surface area (TPSA) is 26.8 Å². The van der Waals surface area contributed by atoms with Gasteiger partial charge in [0.05, 0.1) is 0 Å². The summed E-state index contributed by atoms with van der Waals surface area (Å²) in [5.74, 6) is -1.38. The van der Waals surface area contributed by atoms with Crippen LogP contribution in [0.4, 0.5) is 18.9 Å². The Balaban J connectivity index is 1.73. The van der Waals surface area contributed by atoms with Crippen molar-refractivity contribution in [3.63, 3.8) is 0 Å². The van der Waals surface area contributed by atoms with Gasteiger partial charge in [0, 0.05) is 44.3 Å². The molecule has 2 aliphatic heterocycles. The van der Waals surface area contributed by atoms with Gasteiger partial charge in [-0.1, -0.05) is 18.2 Å². The zero-order chi connectivity index (χ0) is 17.3. The van der Waals surface area contributed by atoms with Crippen molar-refractivity contribution in [1.29, 1.82) is 0 Å². The zero-order valence-corrected chi connectivity index (χ0v) is 13.7. The summed E-state index contributed by atoms with van der Waals surface area (Å²) >= 11 is 0. The van der Waals surface area contributed by atoms with E-state index in [0.29, 0.717) is 6.42 Å². The van der Waals surface area contributed by atoms with E-state index in [2.05, 4.69) is 16.8 Å². The zero-order valence-electron chi connectivity index (χ0n) is 13.7. The first-order valence-corrected chi connectivity index (χ1v) is 8.26. The number of halogens is 3. The van der Waals surface area contributed by atoms with E-state index in [9.17, 15) is 18.0 Å². The molecule has 7 heteroatoms. The molecule has 24 heavy (non-hydrogen) atoms. The summed E-state index contributed by atoms with van der Waals surface area (Å²) in [6.07, 6.45) is -3.94. The van der Waals surface area contributed by atoms with Crippen LogP contribution in [-0.4, -0.2) is 61.8 Å². The van der Waals surface area contributed by atoms with Crippen molar-refractivity contribution in [2.45, 2.75) is 19.1 Å². The Morgan fingerprint density at radius 1 is 1.08 bits per heavy atom. The van der Waals surface area contributed by atoms with Gasteiger partial charge in [0.15, 0.2) is 0 Å². The molecule has 2 fully saturated rings. The van der Waals surface area contributed by atoms with Gasteiger partial charge < -0.3 is 9.80 Å². The molecule has 2 saturated heterocycles. The number of carbonyl (C=O) groups excluding carboxylic acids is 1. The van der Waals surface area contributed by atoms with E-state index in [0.717, 1.165) is 37.4 Å². The number of anilines is 1. The highest BCUT2D eigenvalue weighted by molar-refractivity contribution is 5.81. The van der Waals surface area contributed by atoms with Gasteiger partial charge >= 0.3 is 6.30 Å². The maximum Gasteiger partial charge on any atom is 0.487 e. The van der Waals surface area contributed by atoms with Crippen LogP contribution in [0.25, 0.3) is 0 Å². The maximum atomic E-state index is 12.8. The number of nitrogens with zero attached hydrogens (tertiary/aromatic N) is 3. The molecule has 0 aliphatic carbocycles. The van der Waals surface area contributed by atoms with Crippen molar-refractivity contribution in [3.8, 4) is 0 Å². The van der Waals surface area contributed by atoms with Crippen LogP contribution in [0.1, 0.15) is 12.0 Å². The van der Waals surface area contributed by atoms with E-state index in [1.807, 2.05) is 24.3 Å². The summed E-state index contributed by atoms with van der Waals surface area (Å²) in [6.45, 7) is 3.46. The Hall–Kier alpha value is -1.76. The van der Waals surface area contributed by atoms with Gasteiger partial charge in [-0.2, -0.15) is 0 Å². The number of carbonyl (C=O) groups is 1. The van der Waals surface area contributed by atoms with E-state index in [4.69, 9.17) is 0 Å². The number of amides is 1. The second-order valence-electron chi connectivity index (χ2n) is 6.57. The molecule has 1 aromatic carbocycles. The molecule has 132 valence electrons. The van der Waals surface area contributed by atoms with Gasteiger partial charge in [-0.25, -0.2) is 0 Å². The molecule has 0 bridgehead atoms. The molecule has 0 radical (unpaired) electrons. The summed E-state index contributed by atoms with van der Waals surface area (Å²) < 4.78 is 38.5. The lowest BCUT2D eigenvalue weighted by Crippen LogP contribution is -2.45. The molecule has 1 amide bonds. The molecule has 1 aromatic rings. The normalized spacial score (nSPS) is 23.2. The quantitative estimate of drug-likeness (QED) is 0.790. The lowest BCUT2D eigenvalue weighted by molar-refractivity contribution is -0.235. The fourth-order valence-corrected chi connectivity index (χ4v) is 3.48. The van der Waals surface area contributed by atoms with E-state index >= 15 is 0 Å². The molecule has 3 rings (SSSR count). The maximum absolute atomic E-state index is 12.8. The SMILES string of the molecule is CN1CCN(c2ccccc2CC2CCN(C(F)(F)F)C2=O)CC1. The molecule has 4 nitrogen and oxygen atoms in total. The van der Waals surface area contributed by atoms with E-state index < -0.39 is 18.1 Å². The average Bonchev–Trinajstić information content (AvgIpc) is 2.90. The highest BCUT2D eigenvalue weighted by atomic mass is 19.4. The fourth-order valence-electron chi connectivity index (χ4n) is 3.48. The number of alkyl halides is 3. The molecule has 1 unspecified atom stereocenters. The minimum absolute atomic E-state index is 0.0517. The molecule has 0 spiro atoms. The van der Waals surface area contributed by atoms with Crippen LogP contribution in [0, 0.1) is 5.92 Å². The molecule has 2 heterocycles. The van der Waals surface area contributed by atoms with Crippen LogP contribution < -0.4 is 4.90 Å². The molecular formula is C17H22F3N3O. The third kappa shape index (κ3) is 3.50. The number of likely N-dealkylation sites (N-methyl/N-ethyl adjacent to an activating group) is 1. The molecule has 1 atom stereocenters. The monoisotopic (exact) mass is 341 g/mol. The smallest absolute Gasteiger partial charge is 0.369 e. The summed E-state index contributed by atoms with van der Waals surface area (Å²) in [7, 11) is 2.08. The third-order valence-electron chi connectivity index (χ3n) is 4.92. The lowest BCUT2D eigenvalue weighted by Gasteiger charge is -2.35. The van der Waals surface area contributed by atoms with Gasteiger partial charge in [0.1, 0.15) is 0 Å². The van der Waals surface area contributed by atoms with Crippen LogP contribution in [0.5, 0.6) is 0 Å². The largest absolute Gasteiger partial charge is 0.487 e.